The predicted octanol–water partition coefficient (Wildman–Crippen LogP) is 7.20. The molecule has 0 saturated heterocycles. The van der Waals surface area contributed by atoms with Gasteiger partial charge in [0.05, 0.1) is 16.3 Å². The Balaban J connectivity index is 1.35. The third kappa shape index (κ3) is 4.17. The maximum atomic E-state index is 12.9. The highest BCUT2D eigenvalue weighted by Crippen LogP contribution is 2.31. The fourth-order valence-electron chi connectivity index (χ4n) is 3.34. The molecule has 0 atom stereocenters. The molecule has 0 unspecified atom stereocenters. The number of amides is 1. The summed E-state index contributed by atoms with van der Waals surface area (Å²) in [5, 5.41) is 8.59. The number of benzene rings is 3. The molecule has 32 heavy (non-hydrogen) atoms. The molecule has 0 radical (unpaired) electrons. The van der Waals surface area contributed by atoms with Gasteiger partial charge in [-0.2, -0.15) is 5.10 Å². The summed E-state index contributed by atoms with van der Waals surface area (Å²) in [6.07, 6.45) is 0. The SMILES string of the molecule is Cc1nn(-c2ccc(Br)cc2)c2sc(C(=O)Nc3ccc(Oc4ccccc4)cc3)cc12. The van der Waals surface area contributed by atoms with Crippen LogP contribution in [0.4, 0.5) is 5.69 Å². The van der Waals surface area contributed by atoms with E-state index in [1.165, 1.54) is 11.3 Å². The molecule has 5 aromatic rings. The molecule has 1 N–H and O–H groups in total. The predicted molar refractivity (Wildman–Crippen MR) is 132 cm³/mol. The monoisotopic (exact) mass is 503 g/mol. The van der Waals surface area contributed by atoms with Gasteiger partial charge in [-0.25, -0.2) is 4.68 Å². The van der Waals surface area contributed by atoms with Crippen LogP contribution in [0.15, 0.2) is 89.4 Å². The number of para-hydroxylation sites is 1. The van der Waals surface area contributed by atoms with E-state index in [0.29, 0.717) is 16.3 Å². The molecule has 7 heteroatoms. The van der Waals surface area contributed by atoms with E-state index in [0.717, 1.165) is 31.8 Å². The minimum Gasteiger partial charge on any atom is -0.457 e. The Morgan fingerprint density at radius 2 is 1.66 bits per heavy atom. The van der Waals surface area contributed by atoms with Crippen molar-refractivity contribution in [2.75, 3.05) is 5.32 Å². The van der Waals surface area contributed by atoms with Gasteiger partial charge in [0.25, 0.3) is 5.91 Å². The smallest absolute Gasteiger partial charge is 0.265 e. The van der Waals surface area contributed by atoms with Gasteiger partial charge in [0.2, 0.25) is 0 Å². The molecule has 5 rings (SSSR count). The molecule has 0 fully saturated rings. The maximum absolute atomic E-state index is 12.9. The van der Waals surface area contributed by atoms with Gasteiger partial charge in [-0.15, -0.1) is 11.3 Å². The van der Waals surface area contributed by atoms with Crippen LogP contribution in [0.3, 0.4) is 0 Å². The molecule has 0 bridgehead atoms. The molecule has 0 saturated carbocycles. The number of anilines is 1. The second-order valence-corrected chi connectivity index (χ2v) is 9.14. The number of hydrogen-bond acceptors (Lipinski definition) is 4. The Labute approximate surface area is 197 Å². The first kappa shape index (κ1) is 20.5. The van der Waals surface area contributed by atoms with Crippen molar-refractivity contribution in [2.45, 2.75) is 6.92 Å². The molecule has 2 aromatic heterocycles. The van der Waals surface area contributed by atoms with Gasteiger partial charge in [0.15, 0.2) is 0 Å². The third-order valence-electron chi connectivity index (χ3n) is 4.93. The first-order valence-electron chi connectivity index (χ1n) is 9.96. The van der Waals surface area contributed by atoms with E-state index in [2.05, 4.69) is 26.3 Å². The van der Waals surface area contributed by atoms with Crippen molar-refractivity contribution in [1.82, 2.24) is 9.78 Å². The molecule has 0 aliphatic heterocycles. The van der Waals surface area contributed by atoms with Crippen LogP contribution >= 0.6 is 27.3 Å². The zero-order chi connectivity index (χ0) is 22.1. The van der Waals surface area contributed by atoms with Crippen molar-refractivity contribution < 1.29 is 9.53 Å². The van der Waals surface area contributed by atoms with Crippen molar-refractivity contribution in [1.29, 1.82) is 0 Å². The normalized spacial score (nSPS) is 10.9. The molecule has 2 heterocycles. The average Bonchev–Trinajstić information content (AvgIpc) is 3.37. The van der Waals surface area contributed by atoms with Gasteiger partial charge in [-0.1, -0.05) is 34.1 Å². The van der Waals surface area contributed by atoms with Crippen molar-refractivity contribution in [2.24, 2.45) is 0 Å². The molecular weight excluding hydrogens is 486 g/mol. The number of aryl methyl sites for hydroxylation is 1. The van der Waals surface area contributed by atoms with E-state index < -0.39 is 0 Å². The molecule has 0 spiro atoms. The molecule has 0 aliphatic rings. The zero-order valence-electron chi connectivity index (χ0n) is 17.1. The van der Waals surface area contributed by atoms with E-state index in [-0.39, 0.29) is 5.91 Å². The Bertz CT molecular complexity index is 1390. The Hall–Kier alpha value is -3.42. The number of aromatic nitrogens is 2. The summed E-state index contributed by atoms with van der Waals surface area (Å²) in [7, 11) is 0. The Morgan fingerprint density at radius 1 is 0.969 bits per heavy atom. The van der Waals surface area contributed by atoms with Gasteiger partial charge in [-0.05, 0) is 73.7 Å². The van der Waals surface area contributed by atoms with Crippen LogP contribution in [0, 0.1) is 6.92 Å². The first-order valence-corrected chi connectivity index (χ1v) is 11.6. The molecule has 3 aromatic carbocycles. The largest absolute Gasteiger partial charge is 0.457 e. The van der Waals surface area contributed by atoms with Crippen LogP contribution in [-0.4, -0.2) is 15.7 Å². The van der Waals surface area contributed by atoms with Crippen molar-refractivity contribution >= 4 is 49.1 Å². The van der Waals surface area contributed by atoms with Crippen LogP contribution in [0.25, 0.3) is 15.9 Å². The topological polar surface area (TPSA) is 56.2 Å². The fraction of sp³-hybridized carbons (Fsp3) is 0.0400. The standard InChI is InChI=1S/C25H18BrN3O2S/c1-16-22-15-23(32-25(22)29(28-16)19-11-7-17(26)8-12-19)24(30)27-18-9-13-21(14-10-18)31-20-5-3-2-4-6-20/h2-15H,1H3,(H,27,30). The number of carbonyl (C=O) groups excluding carboxylic acids is 1. The summed E-state index contributed by atoms with van der Waals surface area (Å²) < 4.78 is 8.70. The van der Waals surface area contributed by atoms with Crippen LogP contribution in [0.5, 0.6) is 11.5 Å². The lowest BCUT2D eigenvalue weighted by Gasteiger charge is -2.07. The number of halogens is 1. The number of hydrogen-bond donors (Lipinski definition) is 1. The van der Waals surface area contributed by atoms with Gasteiger partial charge in [-0.3, -0.25) is 4.79 Å². The number of carbonyl (C=O) groups is 1. The van der Waals surface area contributed by atoms with Crippen molar-refractivity contribution in [3.63, 3.8) is 0 Å². The minimum atomic E-state index is -0.148. The highest BCUT2D eigenvalue weighted by atomic mass is 79.9. The van der Waals surface area contributed by atoms with Gasteiger partial charge in [0.1, 0.15) is 16.3 Å². The highest BCUT2D eigenvalue weighted by Gasteiger charge is 2.17. The minimum absolute atomic E-state index is 0.148. The summed E-state index contributed by atoms with van der Waals surface area (Å²) in [6.45, 7) is 1.96. The summed E-state index contributed by atoms with van der Waals surface area (Å²) in [5.74, 6) is 1.33. The number of fused-ring (bicyclic) bond motifs is 1. The maximum Gasteiger partial charge on any atom is 0.265 e. The van der Waals surface area contributed by atoms with Gasteiger partial charge < -0.3 is 10.1 Å². The fourth-order valence-corrected chi connectivity index (χ4v) is 4.68. The quantitative estimate of drug-likeness (QED) is 0.275. The number of ether oxygens (including phenoxy) is 1. The first-order chi connectivity index (χ1) is 15.6. The molecule has 1 amide bonds. The van der Waals surface area contributed by atoms with E-state index in [9.17, 15) is 4.79 Å². The van der Waals surface area contributed by atoms with Crippen LogP contribution < -0.4 is 10.1 Å². The van der Waals surface area contributed by atoms with Gasteiger partial charge in [0, 0.05) is 15.5 Å². The second-order valence-electron chi connectivity index (χ2n) is 7.20. The highest BCUT2D eigenvalue weighted by molar-refractivity contribution is 9.10. The van der Waals surface area contributed by atoms with E-state index >= 15 is 0 Å². The van der Waals surface area contributed by atoms with Crippen molar-refractivity contribution in [3.8, 4) is 17.2 Å². The van der Waals surface area contributed by atoms with E-state index in [1.807, 2.05) is 96.5 Å². The van der Waals surface area contributed by atoms with Crippen molar-refractivity contribution in [3.05, 3.63) is 100.0 Å². The Morgan fingerprint density at radius 3 is 2.38 bits per heavy atom. The molecular formula is C25H18BrN3O2S. The van der Waals surface area contributed by atoms with Crippen LogP contribution in [0.1, 0.15) is 15.4 Å². The Kier molecular flexibility index (Phi) is 5.51. The summed E-state index contributed by atoms with van der Waals surface area (Å²) in [5.41, 5.74) is 2.55. The number of thiophene rings is 1. The third-order valence-corrected chi connectivity index (χ3v) is 6.57. The molecule has 0 aliphatic carbocycles. The van der Waals surface area contributed by atoms with Gasteiger partial charge >= 0.3 is 0 Å². The lowest BCUT2D eigenvalue weighted by Crippen LogP contribution is -2.10. The summed E-state index contributed by atoms with van der Waals surface area (Å²) in [6, 6.07) is 26.8. The average molecular weight is 504 g/mol. The lowest BCUT2D eigenvalue weighted by atomic mass is 10.2. The van der Waals surface area contributed by atoms with Crippen LogP contribution in [-0.2, 0) is 0 Å². The van der Waals surface area contributed by atoms with Crippen LogP contribution in [0.2, 0.25) is 0 Å². The zero-order valence-corrected chi connectivity index (χ0v) is 19.5. The van der Waals surface area contributed by atoms with E-state index in [1.54, 1.807) is 0 Å². The summed E-state index contributed by atoms with van der Waals surface area (Å²) >= 11 is 4.89. The second kappa shape index (κ2) is 8.61. The number of nitrogens with one attached hydrogen (secondary N) is 1. The molecule has 5 nitrogen and oxygen atoms in total. The summed E-state index contributed by atoms with van der Waals surface area (Å²) in [4.78, 5) is 14.5. The van der Waals surface area contributed by atoms with E-state index in [4.69, 9.17) is 4.74 Å². The molecule has 158 valence electrons. The number of rotatable bonds is 5. The number of nitrogens with zero attached hydrogens (tertiary/aromatic N) is 2. The lowest BCUT2D eigenvalue weighted by molar-refractivity contribution is 0.103.